The average Bonchev–Trinajstić information content (AvgIpc) is 2.39. The van der Waals surface area contributed by atoms with Crippen molar-refractivity contribution in [2.75, 3.05) is 18.5 Å². The summed E-state index contributed by atoms with van der Waals surface area (Å²) >= 11 is 0. The van der Waals surface area contributed by atoms with E-state index >= 15 is 0 Å². The summed E-state index contributed by atoms with van der Waals surface area (Å²) in [7, 11) is 0. The number of hydrazine groups is 1. The molecule has 3 N–H and O–H groups in total. The molecule has 0 unspecified atom stereocenters. The van der Waals surface area contributed by atoms with Crippen LogP contribution in [0.3, 0.4) is 0 Å². The molecule has 0 fully saturated rings. The number of nitrogens with one attached hydrogen (secondary N) is 1. The van der Waals surface area contributed by atoms with E-state index < -0.39 is 4.92 Å². The lowest BCUT2D eigenvalue weighted by molar-refractivity contribution is -0.384. The highest BCUT2D eigenvalue weighted by atomic mass is 16.6. The van der Waals surface area contributed by atoms with Gasteiger partial charge in [0.25, 0.3) is 5.69 Å². The van der Waals surface area contributed by atoms with E-state index in [2.05, 4.69) is 5.43 Å². The molecule has 0 saturated carbocycles. The first-order chi connectivity index (χ1) is 9.13. The Kier molecular flexibility index (Phi) is 5.23. The molecule has 0 bridgehead atoms. The summed E-state index contributed by atoms with van der Waals surface area (Å²) in [6, 6.07) is 8.39. The number of para-hydroxylation sites is 1. The number of hydrogen-bond acceptors (Lipinski definition) is 7. The van der Waals surface area contributed by atoms with Crippen LogP contribution in [0.15, 0.2) is 18.2 Å². The number of hydrogen-bond donors (Lipinski definition) is 2. The Hall–Kier alpha value is -2.68. The fourth-order valence-electron chi connectivity index (χ4n) is 1.65. The molecule has 0 saturated heterocycles. The molecule has 0 heterocycles. The van der Waals surface area contributed by atoms with Gasteiger partial charge in [-0.3, -0.25) is 20.9 Å². The number of anilines is 1. The number of nitriles is 2. The number of nitro groups is 1. The summed E-state index contributed by atoms with van der Waals surface area (Å²) in [6.45, 7) is 0.336. The van der Waals surface area contributed by atoms with Crippen molar-refractivity contribution in [1.82, 2.24) is 4.90 Å². The van der Waals surface area contributed by atoms with Crippen molar-refractivity contribution in [2.45, 2.75) is 6.54 Å². The summed E-state index contributed by atoms with van der Waals surface area (Å²) < 4.78 is 0. The Morgan fingerprint density at radius 2 is 2.00 bits per heavy atom. The van der Waals surface area contributed by atoms with Crippen LogP contribution in [-0.2, 0) is 6.54 Å². The van der Waals surface area contributed by atoms with Gasteiger partial charge < -0.3 is 5.43 Å². The second kappa shape index (κ2) is 6.91. The number of nitrogens with two attached hydrogens (primary N) is 1. The summed E-state index contributed by atoms with van der Waals surface area (Å²) in [4.78, 5) is 11.9. The van der Waals surface area contributed by atoms with Crippen LogP contribution in [0, 0.1) is 32.8 Å². The minimum atomic E-state index is -0.544. The Morgan fingerprint density at radius 3 is 2.47 bits per heavy atom. The molecule has 8 heteroatoms. The van der Waals surface area contributed by atoms with Crippen LogP contribution >= 0.6 is 0 Å². The van der Waals surface area contributed by atoms with E-state index in [0.717, 1.165) is 0 Å². The highest BCUT2D eigenvalue weighted by Crippen LogP contribution is 2.28. The second-order valence-electron chi connectivity index (χ2n) is 3.67. The van der Waals surface area contributed by atoms with Crippen LogP contribution in [0.2, 0.25) is 0 Å². The maximum Gasteiger partial charge on any atom is 0.293 e. The topological polar surface area (TPSA) is 132 Å². The Bertz CT molecular complexity index is 529. The molecule has 19 heavy (non-hydrogen) atoms. The van der Waals surface area contributed by atoms with E-state index in [4.69, 9.17) is 16.4 Å². The molecule has 0 spiro atoms. The molecule has 8 nitrogen and oxygen atoms in total. The van der Waals surface area contributed by atoms with Crippen LogP contribution < -0.4 is 11.3 Å². The van der Waals surface area contributed by atoms with Gasteiger partial charge in [0.2, 0.25) is 0 Å². The molecule has 0 aliphatic rings. The molecule has 0 atom stereocenters. The number of rotatable bonds is 6. The normalized spacial score (nSPS) is 9.68. The molecule has 0 radical (unpaired) electrons. The molecule has 1 aromatic carbocycles. The lowest BCUT2D eigenvalue weighted by Gasteiger charge is -2.17. The van der Waals surface area contributed by atoms with Crippen LogP contribution in [-0.4, -0.2) is 22.9 Å². The van der Waals surface area contributed by atoms with Crippen molar-refractivity contribution in [3.8, 4) is 12.1 Å². The van der Waals surface area contributed by atoms with Gasteiger partial charge >= 0.3 is 0 Å². The quantitative estimate of drug-likeness (QED) is 0.333. The third-order valence-electron chi connectivity index (χ3n) is 2.45. The van der Waals surface area contributed by atoms with Crippen molar-refractivity contribution >= 4 is 11.4 Å². The van der Waals surface area contributed by atoms with Gasteiger partial charge in [0.15, 0.2) is 0 Å². The Morgan fingerprint density at radius 1 is 1.37 bits per heavy atom. The summed E-state index contributed by atoms with van der Waals surface area (Å²) in [6.07, 6.45) is 0. The molecule has 1 rings (SSSR count). The number of nitro benzene ring substituents is 1. The molecule has 0 aliphatic heterocycles. The van der Waals surface area contributed by atoms with Crippen LogP contribution in [0.4, 0.5) is 11.4 Å². The largest absolute Gasteiger partial charge is 0.318 e. The zero-order valence-corrected chi connectivity index (χ0v) is 10.0. The van der Waals surface area contributed by atoms with Crippen LogP contribution in [0.25, 0.3) is 0 Å². The molecule has 0 aromatic heterocycles. The zero-order valence-electron chi connectivity index (χ0n) is 10.0. The lowest BCUT2D eigenvalue weighted by atomic mass is 10.1. The maximum absolute atomic E-state index is 10.9. The van der Waals surface area contributed by atoms with Crippen molar-refractivity contribution in [2.24, 2.45) is 5.84 Å². The van der Waals surface area contributed by atoms with Gasteiger partial charge in [-0.15, -0.1) is 0 Å². The first-order valence-electron chi connectivity index (χ1n) is 5.33. The first kappa shape index (κ1) is 14.4. The minimum Gasteiger partial charge on any atom is -0.318 e. The van der Waals surface area contributed by atoms with Crippen molar-refractivity contribution in [3.05, 3.63) is 33.9 Å². The highest BCUT2D eigenvalue weighted by molar-refractivity contribution is 5.65. The van der Waals surface area contributed by atoms with Gasteiger partial charge in [0.1, 0.15) is 5.69 Å². The van der Waals surface area contributed by atoms with E-state index in [0.29, 0.717) is 5.56 Å². The molecule has 0 amide bonds. The van der Waals surface area contributed by atoms with E-state index in [-0.39, 0.29) is 31.0 Å². The van der Waals surface area contributed by atoms with Crippen LogP contribution in [0.5, 0.6) is 0 Å². The van der Waals surface area contributed by atoms with Crippen LogP contribution in [0.1, 0.15) is 5.56 Å². The smallest absolute Gasteiger partial charge is 0.293 e. The fraction of sp³-hybridized carbons (Fsp3) is 0.273. The summed E-state index contributed by atoms with van der Waals surface area (Å²) in [5.41, 5.74) is 2.90. The van der Waals surface area contributed by atoms with E-state index in [1.807, 2.05) is 12.1 Å². The number of benzene rings is 1. The van der Waals surface area contributed by atoms with Gasteiger partial charge in [-0.25, -0.2) is 0 Å². The van der Waals surface area contributed by atoms with E-state index in [1.165, 1.54) is 12.1 Å². The molecule has 98 valence electrons. The van der Waals surface area contributed by atoms with Crippen molar-refractivity contribution < 1.29 is 4.92 Å². The van der Waals surface area contributed by atoms with Crippen molar-refractivity contribution in [1.29, 1.82) is 10.5 Å². The molecular formula is C11H12N6O2. The van der Waals surface area contributed by atoms with Gasteiger partial charge in [0.05, 0.1) is 30.2 Å². The van der Waals surface area contributed by atoms with E-state index in [1.54, 1.807) is 11.0 Å². The summed E-state index contributed by atoms with van der Waals surface area (Å²) in [5, 5.41) is 28.2. The number of nitrogen functional groups attached to an aromatic ring is 1. The lowest BCUT2D eigenvalue weighted by Crippen LogP contribution is -2.25. The first-order valence-corrected chi connectivity index (χ1v) is 5.33. The summed E-state index contributed by atoms with van der Waals surface area (Å²) in [5.74, 6) is 5.31. The maximum atomic E-state index is 10.9. The standard InChI is InChI=1S/C11H12N6O2/c12-4-6-16(7-5-13)8-9-2-1-3-10(17(18)19)11(9)15-14/h1-3,15H,6-8,14H2. The zero-order chi connectivity index (χ0) is 14.3. The minimum absolute atomic E-state index is 0.0558. The second-order valence-corrected chi connectivity index (χ2v) is 3.67. The molecular weight excluding hydrogens is 248 g/mol. The molecule has 1 aromatic rings. The average molecular weight is 260 g/mol. The van der Waals surface area contributed by atoms with Gasteiger partial charge in [-0.1, -0.05) is 12.1 Å². The monoisotopic (exact) mass is 260 g/mol. The van der Waals surface area contributed by atoms with E-state index in [9.17, 15) is 10.1 Å². The highest BCUT2D eigenvalue weighted by Gasteiger charge is 2.18. The number of nitrogens with zero attached hydrogens (tertiary/aromatic N) is 4. The van der Waals surface area contributed by atoms with Gasteiger partial charge in [0, 0.05) is 12.6 Å². The third kappa shape index (κ3) is 3.64. The van der Waals surface area contributed by atoms with Gasteiger partial charge in [-0.05, 0) is 5.56 Å². The third-order valence-corrected chi connectivity index (χ3v) is 2.45. The predicted octanol–water partition coefficient (Wildman–Crippen LogP) is 0.730. The Balaban J connectivity index is 3.07. The predicted molar refractivity (Wildman–Crippen MR) is 67.4 cm³/mol. The van der Waals surface area contributed by atoms with Crippen molar-refractivity contribution in [3.63, 3.8) is 0 Å². The van der Waals surface area contributed by atoms with Gasteiger partial charge in [-0.2, -0.15) is 10.5 Å². The molecule has 0 aliphatic carbocycles. The fourth-order valence-corrected chi connectivity index (χ4v) is 1.65. The SMILES string of the molecule is N#CCN(CC#N)Cc1cccc([N+](=O)[O-])c1NN. The Labute approximate surface area is 109 Å².